The van der Waals surface area contributed by atoms with Crippen LogP contribution in [0, 0.1) is 0 Å². The van der Waals surface area contributed by atoms with Gasteiger partial charge in [-0.3, -0.25) is 5.01 Å². The van der Waals surface area contributed by atoms with E-state index in [9.17, 15) is 0 Å². The molecule has 0 saturated carbocycles. The number of para-hydroxylation sites is 1. The molecule has 4 heteroatoms. The van der Waals surface area contributed by atoms with Gasteiger partial charge in [0.2, 0.25) is 0 Å². The van der Waals surface area contributed by atoms with Gasteiger partial charge in [0.05, 0.1) is 16.8 Å². The number of hydrogen-bond acceptors (Lipinski definition) is 4. The first-order valence-electron chi connectivity index (χ1n) is 4.89. The van der Waals surface area contributed by atoms with Crippen molar-refractivity contribution in [2.45, 2.75) is 13.5 Å². The van der Waals surface area contributed by atoms with Crippen molar-refractivity contribution in [1.29, 1.82) is 0 Å². The molecule has 1 aromatic heterocycles. The summed E-state index contributed by atoms with van der Waals surface area (Å²) in [5.74, 6) is 0. The van der Waals surface area contributed by atoms with Gasteiger partial charge in [-0.2, -0.15) is 5.10 Å². The Morgan fingerprint density at radius 2 is 2.27 bits per heavy atom. The number of hydrogen-bond donors (Lipinski definition) is 0. The van der Waals surface area contributed by atoms with Crippen molar-refractivity contribution in [2.24, 2.45) is 5.10 Å². The average Bonchev–Trinajstić information content (AvgIpc) is 2.68. The third-order valence-electron chi connectivity index (χ3n) is 2.22. The summed E-state index contributed by atoms with van der Waals surface area (Å²) in [6.07, 6.45) is 0. The van der Waals surface area contributed by atoms with Crippen molar-refractivity contribution >= 4 is 28.3 Å². The van der Waals surface area contributed by atoms with Gasteiger partial charge in [-0.15, -0.1) is 11.3 Å². The Morgan fingerprint density at radius 3 is 2.93 bits per heavy atom. The zero-order chi connectivity index (χ0) is 10.7. The van der Waals surface area contributed by atoms with Gasteiger partial charge in [-0.1, -0.05) is 12.1 Å². The minimum absolute atomic E-state index is 0.749. The second-order valence-electron chi connectivity index (χ2n) is 3.20. The predicted molar refractivity (Wildman–Crippen MR) is 65.3 cm³/mol. The molecular weight excluding hydrogens is 206 g/mol. The van der Waals surface area contributed by atoms with E-state index in [2.05, 4.69) is 29.8 Å². The molecule has 15 heavy (non-hydrogen) atoms. The van der Waals surface area contributed by atoms with E-state index < -0.39 is 0 Å². The maximum absolute atomic E-state index is 4.54. The van der Waals surface area contributed by atoms with E-state index in [0.717, 1.165) is 23.6 Å². The van der Waals surface area contributed by atoms with Crippen LogP contribution in [0.4, 0.5) is 0 Å². The van der Waals surface area contributed by atoms with Gasteiger partial charge in [-0.25, -0.2) is 4.98 Å². The average molecular weight is 219 g/mol. The number of rotatable bonds is 4. The fraction of sp³-hybridized carbons (Fsp3) is 0.273. The van der Waals surface area contributed by atoms with Gasteiger partial charge in [0, 0.05) is 13.3 Å². The van der Waals surface area contributed by atoms with Crippen LogP contribution in [0.2, 0.25) is 0 Å². The molecule has 0 unspecified atom stereocenters. The van der Waals surface area contributed by atoms with Crippen LogP contribution in [0.3, 0.4) is 0 Å². The van der Waals surface area contributed by atoms with E-state index in [4.69, 9.17) is 0 Å². The Hall–Kier alpha value is -1.42. The van der Waals surface area contributed by atoms with Crippen LogP contribution in [0.1, 0.15) is 11.9 Å². The second kappa shape index (κ2) is 4.40. The summed E-state index contributed by atoms with van der Waals surface area (Å²) in [6, 6.07) is 8.17. The Balaban J connectivity index is 2.25. The minimum Gasteiger partial charge on any atom is -0.291 e. The van der Waals surface area contributed by atoms with E-state index in [1.165, 1.54) is 4.70 Å². The normalized spacial score (nSPS) is 10.5. The van der Waals surface area contributed by atoms with E-state index in [-0.39, 0.29) is 0 Å². The molecule has 0 spiro atoms. The molecule has 0 radical (unpaired) electrons. The lowest BCUT2D eigenvalue weighted by Gasteiger charge is -2.13. The smallest absolute Gasteiger partial charge is 0.115 e. The second-order valence-corrected chi connectivity index (χ2v) is 4.31. The van der Waals surface area contributed by atoms with Crippen molar-refractivity contribution in [3.05, 3.63) is 29.3 Å². The van der Waals surface area contributed by atoms with E-state index in [1.807, 2.05) is 23.2 Å². The van der Waals surface area contributed by atoms with Gasteiger partial charge in [0.15, 0.2) is 0 Å². The zero-order valence-corrected chi connectivity index (χ0v) is 9.50. The molecule has 0 bridgehead atoms. The third kappa shape index (κ3) is 2.15. The minimum atomic E-state index is 0.749. The van der Waals surface area contributed by atoms with Crippen LogP contribution in [0.25, 0.3) is 10.2 Å². The zero-order valence-electron chi connectivity index (χ0n) is 8.68. The van der Waals surface area contributed by atoms with Gasteiger partial charge >= 0.3 is 0 Å². The molecule has 78 valence electrons. The first-order chi connectivity index (χ1) is 7.33. The quantitative estimate of drug-likeness (QED) is 0.584. The molecule has 0 amide bonds. The highest BCUT2D eigenvalue weighted by Gasteiger charge is 2.05. The molecule has 2 rings (SSSR count). The summed E-state index contributed by atoms with van der Waals surface area (Å²) < 4.78 is 1.23. The molecule has 1 aromatic carbocycles. The molecule has 2 aromatic rings. The Kier molecular flexibility index (Phi) is 2.97. The SMILES string of the molecule is C=NN(CC)Cc1nc2ccccc2s1. The van der Waals surface area contributed by atoms with Gasteiger partial charge < -0.3 is 0 Å². The van der Waals surface area contributed by atoms with Crippen molar-refractivity contribution in [3.8, 4) is 0 Å². The molecule has 0 atom stereocenters. The van der Waals surface area contributed by atoms with Crippen LogP contribution in [-0.4, -0.2) is 23.3 Å². The maximum Gasteiger partial charge on any atom is 0.115 e. The van der Waals surface area contributed by atoms with E-state index >= 15 is 0 Å². The Bertz CT molecular complexity index is 431. The monoisotopic (exact) mass is 219 g/mol. The maximum atomic E-state index is 4.54. The van der Waals surface area contributed by atoms with Crippen molar-refractivity contribution < 1.29 is 0 Å². The van der Waals surface area contributed by atoms with Crippen LogP contribution < -0.4 is 0 Å². The fourth-order valence-electron chi connectivity index (χ4n) is 1.41. The first kappa shape index (κ1) is 10.1. The van der Waals surface area contributed by atoms with Crippen LogP contribution >= 0.6 is 11.3 Å². The van der Waals surface area contributed by atoms with Crippen molar-refractivity contribution in [3.63, 3.8) is 0 Å². The molecular formula is C11H13N3S. The summed E-state index contributed by atoms with van der Waals surface area (Å²) >= 11 is 1.72. The molecule has 0 aliphatic carbocycles. The number of hydrazone groups is 1. The third-order valence-corrected chi connectivity index (χ3v) is 3.24. The van der Waals surface area contributed by atoms with E-state index in [0.29, 0.717) is 0 Å². The molecule has 0 saturated heterocycles. The molecule has 3 nitrogen and oxygen atoms in total. The lowest BCUT2D eigenvalue weighted by atomic mass is 10.3. The largest absolute Gasteiger partial charge is 0.291 e. The molecule has 0 aliphatic heterocycles. The summed E-state index contributed by atoms with van der Waals surface area (Å²) in [7, 11) is 0. The van der Waals surface area contributed by atoms with Crippen molar-refractivity contribution in [2.75, 3.05) is 6.54 Å². The Morgan fingerprint density at radius 1 is 1.47 bits per heavy atom. The highest BCUT2D eigenvalue weighted by Crippen LogP contribution is 2.22. The molecule has 0 N–H and O–H groups in total. The van der Waals surface area contributed by atoms with Crippen LogP contribution in [-0.2, 0) is 6.54 Å². The summed E-state index contributed by atoms with van der Waals surface area (Å²) in [4.78, 5) is 4.54. The number of thiazole rings is 1. The number of benzene rings is 1. The Labute approximate surface area is 93.1 Å². The molecule has 0 fully saturated rings. The van der Waals surface area contributed by atoms with Crippen LogP contribution in [0.15, 0.2) is 29.4 Å². The summed E-state index contributed by atoms with van der Waals surface area (Å²) in [5.41, 5.74) is 1.07. The number of aromatic nitrogens is 1. The van der Waals surface area contributed by atoms with Gasteiger partial charge in [-0.05, 0) is 19.1 Å². The standard InChI is InChI=1S/C11H13N3S/c1-3-14(12-2)8-11-13-9-6-4-5-7-10(9)15-11/h4-7H,2-3,8H2,1H3. The van der Waals surface area contributed by atoms with Gasteiger partial charge in [0.1, 0.15) is 5.01 Å². The highest BCUT2D eigenvalue weighted by atomic mass is 32.1. The van der Waals surface area contributed by atoms with Gasteiger partial charge in [0.25, 0.3) is 0 Å². The van der Waals surface area contributed by atoms with Crippen LogP contribution in [0.5, 0.6) is 0 Å². The fourth-order valence-corrected chi connectivity index (χ4v) is 2.38. The number of fused-ring (bicyclic) bond motifs is 1. The van der Waals surface area contributed by atoms with E-state index in [1.54, 1.807) is 11.3 Å². The highest BCUT2D eigenvalue weighted by molar-refractivity contribution is 7.18. The van der Waals surface area contributed by atoms with Crippen molar-refractivity contribution in [1.82, 2.24) is 9.99 Å². The predicted octanol–water partition coefficient (Wildman–Crippen LogP) is 2.73. The lowest BCUT2D eigenvalue weighted by Crippen LogP contribution is -2.15. The molecule has 1 heterocycles. The number of nitrogens with zero attached hydrogens (tertiary/aromatic N) is 3. The summed E-state index contributed by atoms with van der Waals surface area (Å²) in [5, 5.41) is 6.91. The topological polar surface area (TPSA) is 28.5 Å². The summed E-state index contributed by atoms with van der Waals surface area (Å²) in [6.45, 7) is 7.20. The lowest BCUT2D eigenvalue weighted by molar-refractivity contribution is 0.298. The first-order valence-corrected chi connectivity index (χ1v) is 5.71. The molecule has 0 aliphatic rings.